The standard InChI is InChI=1S/C13H26N6/c1-5-7-11-16-12(10(2)13(17-11)18-14)15-8-6-9-19(3)4/h5-9,14H2,1-4H3,(H2,15,16,17,18). The third-order valence-corrected chi connectivity index (χ3v) is 2.88. The number of aromatic nitrogens is 2. The fourth-order valence-corrected chi connectivity index (χ4v) is 1.81. The van der Waals surface area contributed by atoms with Crippen molar-refractivity contribution in [3.8, 4) is 0 Å². The van der Waals surface area contributed by atoms with E-state index in [0.29, 0.717) is 5.82 Å². The molecule has 0 aliphatic heterocycles. The van der Waals surface area contributed by atoms with Gasteiger partial charge in [0.1, 0.15) is 17.5 Å². The Morgan fingerprint density at radius 3 is 2.47 bits per heavy atom. The predicted octanol–water partition coefficient (Wildman–Crippen LogP) is 1.39. The topological polar surface area (TPSA) is 79.1 Å². The minimum atomic E-state index is 0.702. The largest absolute Gasteiger partial charge is 0.370 e. The zero-order chi connectivity index (χ0) is 14.3. The van der Waals surface area contributed by atoms with E-state index in [2.05, 4.69) is 46.6 Å². The molecule has 108 valence electrons. The number of anilines is 2. The van der Waals surface area contributed by atoms with Gasteiger partial charge in [-0.05, 0) is 40.4 Å². The van der Waals surface area contributed by atoms with E-state index in [1.54, 1.807) is 0 Å². The SMILES string of the molecule is CCCc1nc(NN)c(C)c(NCCCN(C)C)n1. The van der Waals surface area contributed by atoms with Gasteiger partial charge in [-0.3, -0.25) is 0 Å². The van der Waals surface area contributed by atoms with Crippen molar-refractivity contribution in [2.24, 2.45) is 5.84 Å². The lowest BCUT2D eigenvalue weighted by Crippen LogP contribution is -2.18. The molecule has 0 unspecified atom stereocenters. The molecule has 0 atom stereocenters. The molecule has 0 saturated heterocycles. The Morgan fingerprint density at radius 1 is 1.21 bits per heavy atom. The Morgan fingerprint density at radius 2 is 1.89 bits per heavy atom. The second kappa shape index (κ2) is 7.91. The Kier molecular flexibility index (Phi) is 6.52. The fraction of sp³-hybridized carbons (Fsp3) is 0.692. The van der Waals surface area contributed by atoms with Crippen molar-refractivity contribution in [2.45, 2.75) is 33.1 Å². The first-order valence-electron chi connectivity index (χ1n) is 6.81. The van der Waals surface area contributed by atoms with Crippen LogP contribution >= 0.6 is 0 Å². The van der Waals surface area contributed by atoms with Crippen molar-refractivity contribution in [3.63, 3.8) is 0 Å². The molecule has 1 aromatic heterocycles. The van der Waals surface area contributed by atoms with E-state index < -0.39 is 0 Å². The third-order valence-electron chi connectivity index (χ3n) is 2.88. The monoisotopic (exact) mass is 266 g/mol. The average molecular weight is 266 g/mol. The summed E-state index contributed by atoms with van der Waals surface area (Å²) in [4.78, 5) is 11.1. The summed E-state index contributed by atoms with van der Waals surface area (Å²) < 4.78 is 0. The van der Waals surface area contributed by atoms with Crippen molar-refractivity contribution in [1.82, 2.24) is 14.9 Å². The van der Waals surface area contributed by atoms with Crippen LogP contribution in [0.2, 0.25) is 0 Å². The van der Waals surface area contributed by atoms with Gasteiger partial charge in [-0.1, -0.05) is 6.92 Å². The molecular weight excluding hydrogens is 240 g/mol. The van der Waals surface area contributed by atoms with E-state index in [9.17, 15) is 0 Å². The molecule has 6 nitrogen and oxygen atoms in total. The first kappa shape index (κ1) is 15.7. The van der Waals surface area contributed by atoms with Gasteiger partial charge in [-0.25, -0.2) is 15.8 Å². The summed E-state index contributed by atoms with van der Waals surface area (Å²) in [5.41, 5.74) is 3.61. The summed E-state index contributed by atoms with van der Waals surface area (Å²) in [6.45, 7) is 6.04. The summed E-state index contributed by atoms with van der Waals surface area (Å²) in [6, 6.07) is 0. The van der Waals surface area contributed by atoms with E-state index in [0.717, 1.165) is 49.6 Å². The van der Waals surface area contributed by atoms with Crippen molar-refractivity contribution in [2.75, 3.05) is 37.9 Å². The molecular formula is C13H26N6. The van der Waals surface area contributed by atoms with Gasteiger partial charge in [-0.2, -0.15) is 0 Å². The maximum Gasteiger partial charge on any atom is 0.148 e. The van der Waals surface area contributed by atoms with Crippen LogP contribution in [0.25, 0.3) is 0 Å². The molecule has 1 aromatic rings. The van der Waals surface area contributed by atoms with E-state index in [4.69, 9.17) is 5.84 Å². The average Bonchev–Trinajstić information content (AvgIpc) is 2.37. The highest BCUT2D eigenvalue weighted by Gasteiger charge is 2.09. The molecule has 19 heavy (non-hydrogen) atoms. The lowest BCUT2D eigenvalue weighted by Gasteiger charge is -2.14. The van der Waals surface area contributed by atoms with Crippen molar-refractivity contribution in [3.05, 3.63) is 11.4 Å². The summed E-state index contributed by atoms with van der Waals surface area (Å²) >= 11 is 0. The van der Waals surface area contributed by atoms with Crippen LogP contribution in [0, 0.1) is 6.92 Å². The van der Waals surface area contributed by atoms with Crippen LogP contribution in [0.15, 0.2) is 0 Å². The van der Waals surface area contributed by atoms with Crippen molar-refractivity contribution >= 4 is 11.6 Å². The number of nitrogens with zero attached hydrogens (tertiary/aromatic N) is 3. The molecule has 1 heterocycles. The summed E-state index contributed by atoms with van der Waals surface area (Å²) in [6.07, 6.45) is 2.96. The van der Waals surface area contributed by atoms with E-state index in [1.165, 1.54) is 0 Å². The summed E-state index contributed by atoms with van der Waals surface area (Å²) in [5.74, 6) is 7.92. The minimum absolute atomic E-state index is 0.702. The molecule has 4 N–H and O–H groups in total. The Hall–Kier alpha value is -1.40. The highest BCUT2D eigenvalue weighted by Crippen LogP contribution is 2.19. The number of rotatable bonds is 8. The van der Waals surface area contributed by atoms with Crippen LogP contribution in [-0.2, 0) is 6.42 Å². The molecule has 0 amide bonds. The Labute approximate surface area is 115 Å². The normalized spacial score (nSPS) is 10.8. The predicted molar refractivity (Wildman–Crippen MR) is 80.2 cm³/mol. The smallest absolute Gasteiger partial charge is 0.148 e. The molecule has 0 aliphatic rings. The van der Waals surface area contributed by atoms with E-state index in [-0.39, 0.29) is 0 Å². The first-order chi connectivity index (χ1) is 9.08. The van der Waals surface area contributed by atoms with Crippen LogP contribution in [0.4, 0.5) is 11.6 Å². The van der Waals surface area contributed by atoms with Gasteiger partial charge in [0.05, 0.1) is 0 Å². The van der Waals surface area contributed by atoms with Gasteiger partial charge in [0.15, 0.2) is 0 Å². The van der Waals surface area contributed by atoms with Gasteiger partial charge >= 0.3 is 0 Å². The van der Waals surface area contributed by atoms with Crippen LogP contribution in [0.5, 0.6) is 0 Å². The van der Waals surface area contributed by atoms with Gasteiger partial charge < -0.3 is 15.6 Å². The molecule has 1 rings (SSSR count). The lowest BCUT2D eigenvalue weighted by molar-refractivity contribution is 0.405. The summed E-state index contributed by atoms with van der Waals surface area (Å²) in [7, 11) is 4.15. The summed E-state index contributed by atoms with van der Waals surface area (Å²) in [5, 5.41) is 3.37. The number of nitrogen functional groups attached to an aromatic ring is 1. The van der Waals surface area contributed by atoms with Crippen LogP contribution < -0.4 is 16.6 Å². The molecule has 0 aromatic carbocycles. The number of aryl methyl sites for hydroxylation is 1. The zero-order valence-electron chi connectivity index (χ0n) is 12.5. The van der Waals surface area contributed by atoms with Crippen molar-refractivity contribution in [1.29, 1.82) is 0 Å². The second-order valence-electron chi connectivity index (χ2n) is 4.94. The molecule has 0 bridgehead atoms. The number of hydrazine groups is 1. The van der Waals surface area contributed by atoms with Gasteiger partial charge in [0, 0.05) is 18.5 Å². The maximum absolute atomic E-state index is 5.50. The number of nitrogens with one attached hydrogen (secondary N) is 2. The third kappa shape index (κ3) is 5.00. The number of hydrogen-bond acceptors (Lipinski definition) is 6. The van der Waals surface area contributed by atoms with Crippen molar-refractivity contribution < 1.29 is 0 Å². The van der Waals surface area contributed by atoms with E-state index >= 15 is 0 Å². The van der Waals surface area contributed by atoms with Crippen LogP contribution in [0.1, 0.15) is 31.2 Å². The molecule has 0 spiro atoms. The number of nitrogens with two attached hydrogens (primary N) is 1. The molecule has 0 radical (unpaired) electrons. The lowest BCUT2D eigenvalue weighted by atomic mass is 10.2. The van der Waals surface area contributed by atoms with E-state index in [1.807, 2.05) is 6.92 Å². The maximum atomic E-state index is 5.50. The highest BCUT2D eigenvalue weighted by atomic mass is 15.3. The van der Waals surface area contributed by atoms with Crippen LogP contribution in [-0.4, -0.2) is 42.1 Å². The molecule has 0 fully saturated rings. The van der Waals surface area contributed by atoms with Gasteiger partial charge in [0.25, 0.3) is 0 Å². The molecule has 0 aliphatic carbocycles. The first-order valence-corrected chi connectivity index (χ1v) is 6.81. The quantitative estimate of drug-likeness (QED) is 0.375. The van der Waals surface area contributed by atoms with Gasteiger partial charge in [0.2, 0.25) is 0 Å². The number of hydrogen-bond donors (Lipinski definition) is 3. The molecule has 6 heteroatoms. The molecule has 0 saturated carbocycles. The Bertz CT molecular complexity index is 391. The fourth-order valence-electron chi connectivity index (χ4n) is 1.81. The zero-order valence-corrected chi connectivity index (χ0v) is 12.5. The minimum Gasteiger partial charge on any atom is -0.370 e. The highest BCUT2D eigenvalue weighted by molar-refractivity contribution is 5.56. The van der Waals surface area contributed by atoms with Crippen LogP contribution in [0.3, 0.4) is 0 Å². The van der Waals surface area contributed by atoms with Gasteiger partial charge in [-0.15, -0.1) is 0 Å². The Balaban J connectivity index is 2.71. The second-order valence-corrected chi connectivity index (χ2v) is 4.94.